The minimum Gasteiger partial charge on any atom is -0.477 e. The fourth-order valence-electron chi connectivity index (χ4n) is 1.08. The van der Waals surface area contributed by atoms with Gasteiger partial charge in [0.1, 0.15) is 5.15 Å². The van der Waals surface area contributed by atoms with Crippen molar-refractivity contribution in [3.8, 4) is 5.88 Å². The number of hydrogen-bond acceptors (Lipinski definition) is 3. The summed E-state index contributed by atoms with van der Waals surface area (Å²) in [7, 11) is 0. The first kappa shape index (κ1) is 12.3. The van der Waals surface area contributed by atoms with E-state index in [4.69, 9.17) is 21.4 Å². The zero-order valence-corrected chi connectivity index (χ0v) is 9.79. The van der Waals surface area contributed by atoms with Crippen molar-refractivity contribution in [2.75, 3.05) is 6.61 Å². The number of pyridine rings is 1. The van der Waals surface area contributed by atoms with Crippen molar-refractivity contribution in [3.05, 3.63) is 22.8 Å². The van der Waals surface area contributed by atoms with Crippen molar-refractivity contribution in [2.24, 2.45) is 5.92 Å². The van der Waals surface area contributed by atoms with Gasteiger partial charge >= 0.3 is 0 Å². The van der Waals surface area contributed by atoms with Crippen molar-refractivity contribution in [3.63, 3.8) is 0 Å². The zero-order chi connectivity index (χ0) is 11.3. The van der Waals surface area contributed by atoms with Crippen LogP contribution in [0, 0.1) is 5.92 Å². The maximum absolute atomic E-state index is 9.05. The second kappa shape index (κ2) is 5.93. The van der Waals surface area contributed by atoms with E-state index in [1.165, 1.54) is 0 Å². The molecule has 0 aliphatic heterocycles. The van der Waals surface area contributed by atoms with Gasteiger partial charge in [-0.1, -0.05) is 25.4 Å². The summed E-state index contributed by atoms with van der Waals surface area (Å²) in [5, 5.41) is 9.44. The second-order valence-corrected chi connectivity index (χ2v) is 4.17. The Morgan fingerprint density at radius 2 is 2.20 bits per heavy atom. The molecule has 1 aromatic heterocycles. The van der Waals surface area contributed by atoms with Gasteiger partial charge in [-0.2, -0.15) is 0 Å². The van der Waals surface area contributed by atoms with Gasteiger partial charge in [0.2, 0.25) is 5.88 Å². The van der Waals surface area contributed by atoms with Crippen LogP contribution in [0.2, 0.25) is 5.15 Å². The van der Waals surface area contributed by atoms with E-state index >= 15 is 0 Å². The van der Waals surface area contributed by atoms with Crippen LogP contribution in [0.5, 0.6) is 5.88 Å². The number of nitrogens with zero attached hydrogens (tertiary/aromatic N) is 1. The number of ether oxygens (including phenoxy) is 1. The minimum atomic E-state index is -0.0822. The number of hydrogen-bond donors (Lipinski definition) is 1. The first-order chi connectivity index (χ1) is 7.13. The molecule has 1 N–H and O–H groups in total. The van der Waals surface area contributed by atoms with Crippen LogP contribution < -0.4 is 4.74 Å². The molecule has 84 valence electrons. The predicted octanol–water partition coefficient (Wildman–Crippen LogP) is 2.65. The third-order valence-electron chi connectivity index (χ3n) is 2.01. The van der Waals surface area contributed by atoms with Crippen molar-refractivity contribution in [2.45, 2.75) is 26.9 Å². The molecule has 4 heteroatoms. The fraction of sp³-hybridized carbons (Fsp3) is 0.545. The zero-order valence-electron chi connectivity index (χ0n) is 9.03. The summed E-state index contributed by atoms with van der Waals surface area (Å²) in [6, 6.07) is 3.36. The standard InChI is InChI=1S/C11H16ClNO2/c1-8(2)5-6-15-11-9(7-14)3-4-10(12)13-11/h3-4,8,14H,5-7H2,1-2H3. The first-order valence-electron chi connectivity index (χ1n) is 5.02. The molecule has 0 spiro atoms. The highest BCUT2D eigenvalue weighted by Gasteiger charge is 2.05. The van der Waals surface area contributed by atoms with Crippen molar-refractivity contribution >= 4 is 11.6 Å². The Bertz CT molecular complexity index is 315. The highest BCUT2D eigenvalue weighted by Crippen LogP contribution is 2.19. The topological polar surface area (TPSA) is 42.4 Å². The summed E-state index contributed by atoms with van der Waals surface area (Å²) >= 11 is 5.74. The quantitative estimate of drug-likeness (QED) is 0.790. The number of rotatable bonds is 5. The first-order valence-corrected chi connectivity index (χ1v) is 5.40. The van der Waals surface area contributed by atoms with Crippen LogP contribution >= 0.6 is 11.6 Å². The molecule has 0 saturated carbocycles. The molecule has 0 aromatic carbocycles. The third kappa shape index (κ3) is 4.06. The lowest BCUT2D eigenvalue weighted by molar-refractivity contribution is 0.248. The lowest BCUT2D eigenvalue weighted by Crippen LogP contribution is -2.05. The fourth-order valence-corrected chi connectivity index (χ4v) is 1.22. The summed E-state index contributed by atoms with van der Waals surface area (Å²) in [4.78, 5) is 4.02. The van der Waals surface area contributed by atoms with Gasteiger partial charge in [-0.05, 0) is 24.5 Å². The van der Waals surface area contributed by atoms with Gasteiger partial charge in [0.05, 0.1) is 13.2 Å². The average Bonchev–Trinajstić information content (AvgIpc) is 2.17. The molecule has 1 rings (SSSR count). The minimum absolute atomic E-state index is 0.0822. The van der Waals surface area contributed by atoms with Gasteiger partial charge in [0.25, 0.3) is 0 Å². The maximum Gasteiger partial charge on any atom is 0.220 e. The van der Waals surface area contributed by atoms with Crippen LogP contribution in [0.3, 0.4) is 0 Å². The molecule has 3 nitrogen and oxygen atoms in total. The van der Waals surface area contributed by atoms with E-state index < -0.39 is 0 Å². The lowest BCUT2D eigenvalue weighted by Gasteiger charge is -2.10. The molecule has 0 aliphatic rings. The molecule has 0 aliphatic carbocycles. The summed E-state index contributed by atoms with van der Waals surface area (Å²) in [6.07, 6.45) is 0.957. The molecular weight excluding hydrogens is 214 g/mol. The van der Waals surface area contributed by atoms with Gasteiger partial charge in [0, 0.05) is 5.56 Å². The van der Waals surface area contributed by atoms with E-state index in [1.807, 2.05) is 0 Å². The van der Waals surface area contributed by atoms with Crippen LogP contribution in [-0.4, -0.2) is 16.7 Å². The molecule has 0 atom stereocenters. The van der Waals surface area contributed by atoms with E-state index in [9.17, 15) is 0 Å². The van der Waals surface area contributed by atoms with E-state index in [0.29, 0.717) is 29.1 Å². The summed E-state index contributed by atoms with van der Waals surface area (Å²) in [6.45, 7) is 4.77. The van der Waals surface area contributed by atoms with Gasteiger partial charge in [-0.25, -0.2) is 4.98 Å². The number of aliphatic hydroxyl groups is 1. The number of aromatic nitrogens is 1. The molecular formula is C11H16ClNO2. The maximum atomic E-state index is 9.05. The molecule has 1 aromatic rings. The van der Waals surface area contributed by atoms with Crippen LogP contribution in [0.1, 0.15) is 25.8 Å². The lowest BCUT2D eigenvalue weighted by atomic mass is 10.1. The van der Waals surface area contributed by atoms with Gasteiger partial charge < -0.3 is 9.84 Å². The molecule has 0 saturated heterocycles. The Kier molecular flexibility index (Phi) is 4.85. The average molecular weight is 230 g/mol. The SMILES string of the molecule is CC(C)CCOc1nc(Cl)ccc1CO. The molecule has 0 bridgehead atoms. The third-order valence-corrected chi connectivity index (χ3v) is 2.22. The molecule has 0 amide bonds. The van der Waals surface area contributed by atoms with Crippen LogP contribution in [-0.2, 0) is 6.61 Å². The molecule has 0 unspecified atom stereocenters. The number of aliphatic hydroxyl groups excluding tert-OH is 1. The largest absolute Gasteiger partial charge is 0.477 e. The van der Waals surface area contributed by atoms with E-state index in [0.717, 1.165) is 6.42 Å². The summed E-state index contributed by atoms with van der Waals surface area (Å²) < 4.78 is 5.46. The van der Waals surface area contributed by atoms with E-state index in [2.05, 4.69) is 18.8 Å². The Labute approximate surface area is 95.1 Å². The van der Waals surface area contributed by atoms with Gasteiger partial charge in [-0.3, -0.25) is 0 Å². The van der Waals surface area contributed by atoms with Crippen LogP contribution in [0.25, 0.3) is 0 Å². The Morgan fingerprint density at radius 3 is 2.80 bits per heavy atom. The van der Waals surface area contributed by atoms with Crippen LogP contribution in [0.4, 0.5) is 0 Å². The van der Waals surface area contributed by atoms with E-state index in [-0.39, 0.29) is 6.61 Å². The molecule has 0 fully saturated rings. The molecule has 1 heterocycles. The Hall–Kier alpha value is -0.800. The Balaban J connectivity index is 2.62. The smallest absolute Gasteiger partial charge is 0.220 e. The second-order valence-electron chi connectivity index (χ2n) is 3.79. The molecule has 15 heavy (non-hydrogen) atoms. The highest BCUT2D eigenvalue weighted by molar-refractivity contribution is 6.29. The van der Waals surface area contributed by atoms with Gasteiger partial charge in [-0.15, -0.1) is 0 Å². The van der Waals surface area contributed by atoms with Crippen molar-refractivity contribution in [1.82, 2.24) is 4.98 Å². The van der Waals surface area contributed by atoms with Crippen molar-refractivity contribution in [1.29, 1.82) is 0 Å². The van der Waals surface area contributed by atoms with Crippen molar-refractivity contribution < 1.29 is 9.84 Å². The van der Waals surface area contributed by atoms with E-state index in [1.54, 1.807) is 12.1 Å². The normalized spacial score (nSPS) is 10.7. The molecule has 0 radical (unpaired) electrons. The summed E-state index contributed by atoms with van der Waals surface area (Å²) in [5.41, 5.74) is 0.670. The predicted molar refractivity (Wildman–Crippen MR) is 60.1 cm³/mol. The van der Waals surface area contributed by atoms with Crippen LogP contribution in [0.15, 0.2) is 12.1 Å². The number of halogens is 1. The monoisotopic (exact) mass is 229 g/mol. The summed E-state index contributed by atoms with van der Waals surface area (Å²) in [5.74, 6) is 1.02. The highest BCUT2D eigenvalue weighted by atomic mass is 35.5. The van der Waals surface area contributed by atoms with Gasteiger partial charge in [0.15, 0.2) is 0 Å². The Morgan fingerprint density at radius 1 is 1.47 bits per heavy atom.